The van der Waals surface area contributed by atoms with Crippen molar-refractivity contribution in [3.05, 3.63) is 101 Å². The molecule has 0 amide bonds. The molecule has 0 unspecified atom stereocenters. The van der Waals surface area contributed by atoms with Gasteiger partial charge in [0.25, 0.3) is 5.56 Å². The number of aromatic amines is 1. The van der Waals surface area contributed by atoms with Crippen LogP contribution in [-0.2, 0) is 13.0 Å². The van der Waals surface area contributed by atoms with Crippen molar-refractivity contribution < 1.29 is 0 Å². The predicted octanol–water partition coefficient (Wildman–Crippen LogP) is 4.54. The molecule has 0 spiro atoms. The molecule has 0 aliphatic carbocycles. The molecule has 174 valence electrons. The van der Waals surface area contributed by atoms with Crippen LogP contribution in [0.25, 0.3) is 33.8 Å². The van der Waals surface area contributed by atoms with Gasteiger partial charge in [0.1, 0.15) is 5.82 Å². The number of nitrogens with one attached hydrogen (secondary N) is 1. The van der Waals surface area contributed by atoms with Gasteiger partial charge in [-0.2, -0.15) is 10.1 Å². The molecule has 8 nitrogen and oxygen atoms in total. The van der Waals surface area contributed by atoms with Crippen molar-refractivity contribution in [3.63, 3.8) is 0 Å². The van der Waals surface area contributed by atoms with Gasteiger partial charge in [-0.3, -0.25) is 4.79 Å². The number of rotatable bonds is 8. The zero-order valence-electron chi connectivity index (χ0n) is 19.4. The molecule has 0 radical (unpaired) electrons. The molecular formula is C27H25N7O. The third-order valence-corrected chi connectivity index (χ3v) is 5.88. The molecule has 0 atom stereocenters. The maximum absolute atomic E-state index is 12.7. The number of H-pyrrole nitrogens is 1. The van der Waals surface area contributed by atoms with E-state index in [0.29, 0.717) is 30.3 Å². The normalized spacial score (nSPS) is 11.0. The molecule has 0 saturated carbocycles. The van der Waals surface area contributed by atoms with Crippen molar-refractivity contribution in [2.75, 3.05) is 0 Å². The Bertz CT molecular complexity index is 1460. The second-order valence-electron chi connectivity index (χ2n) is 8.30. The van der Waals surface area contributed by atoms with Crippen molar-refractivity contribution in [1.29, 1.82) is 0 Å². The SMILES string of the molecule is CCCCc1nc(=O)c(-c2ccccc2)nn1Cc1ccc(-c2ccccc2-c2nnn[nH]2)cc1. The van der Waals surface area contributed by atoms with E-state index < -0.39 is 0 Å². The Balaban J connectivity index is 1.47. The summed E-state index contributed by atoms with van der Waals surface area (Å²) in [6, 6.07) is 25.8. The summed E-state index contributed by atoms with van der Waals surface area (Å²) in [5, 5.41) is 19.0. The Labute approximate surface area is 202 Å². The maximum Gasteiger partial charge on any atom is 0.299 e. The molecule has 0 fully saturated rings. The third-order valence-electron chi connectivity index (χ3n) is 5.88. The average molecular weight is 464 g/mol. The quantitative estimate of drug-likeness (QED) is 0.362. The Hall–Kier alpha value is -4.46. The number of benzene rings is 3. The topological polar surface area (TPSA) is 102 Å². The smallest absolute Gasteiger partial charge is 0.265 e. The van der Waals surface area contributed by atoms with Crippen LogP contribution in [0.3, 0.4) is 0 Å². The van der Waals surface area contributed by atoms with E-state index in [2.05, 4.69) is 62.9 Å². The lowest BCUT2D eigenvalue weighted by Crippen LogP contribution is -2.23. The molecule has 35 heavy (non-hydrogen) atoms. The summed E-state index contributed by atoms with van der Waals surface area (Å²) in [5.74, 6) is 1.34. The van der Waals surface area contributed by atoms with E-state index in [1.807, 2.05) is 53.2 Å². The van der Waals surface area contributed by atoms with Crippen LogP contribution in [0.15, 0.2) is 83.7 Å². The van der Waals surface area contributed by atoms with E-state index in [-0.39, 0.29) is 5.56 Å². The Kier molecular flexibility index (Phi) is 6.52. The van der Waals surface area contributed by atoms with Crippen molar-refractivity contribution >= 4 is 0 Å². The van der Waals surface area contributed by atoms with Gasteiger partial charge in [-0.1, -0.05) is 92.2 Å². The summed E-state index contributed by atoms with van der Waals surface area (Å²) in [6.07, 6.45) is 2.68. The van der Waals surface area contributed by atoms with E-state index in [1.165, 1.54) is 0 Å². The predicted molar refractivity (Wildman–Crippen MR) is 134 cm³/mol. The molecule has 8 heteroatoms. The van der Waals surface area contributed by atoms with Crippen LogP contribution in [0.1, 0.15) is 31.2 Å². The second kappa shape index (κ2) is 10.2. The first-order valence-corrected chi connectivity index (χ1v) is 11.7. The van der Waals surface area contributed by atoms with Gasteiger partial charge in [0, 0.05) is 17.5 Å². The van der Waals surface area contributed by atoms with Gasteiger partial charge in [-0.25, -0.2) is 9.78 Å². The lowest BCUT2D eigenvalue weighted by atomic mass is 9.98. The molecule has 2 heterocycles. The van der Waals surface area contributed by atoms with Crippen molar-refractivity contribution in [1.82, 2.24) is 35.4 Å². The van der Waals surface area contributed by atoms with Crippen LogP contribution in [0.4, 0.5) is 0 Å². The largest absolute Gasteiger partial charge is 0.299 e. The van der Waals surface area contributed by atoms with Gasteiger partial charge < -0.3 is 0 Å². The first-order chi connectivity index (χ1) is 17.2. The standard InChI is InChI=1S/C27H25N7O/c1-2-3-13-24-28-27(35)25(21-9-5-4-6-10-21)31-34(24)18-19-14-16-20(17-15-19)22-11-7-8-12-23(22)26-29-32-33-30-26/h4-12,14-17H,2-3,13,18H2,1H3,(H,29,30,32,33). The Morgan fingerprint density at radius 1 is 0.857 bits per heavy atom. The number of aromatic nitrogens is 7. The van der Waals surface area contributed by atoms with Crippen molar-refractivity contribution in [2.45, 2.75) is 32.7 Å². The van der Waals surface area contributed by atoms with Crippen LogP contribution in [-0.4, -0.2) is 35.4 Å². The molecule has 0 aliphatic rings. The van der Waals surface area contributed by atoms with Crippen LogP contribution < -0.4 is 5.56 Å². The second-order valence-corrected chi connectivity index (χ2v) is 8.30. The lowest BCUT2D eigenvalue weighted by molar-refractivity contribution is 0.575. The average Bonchev–Trinajstić information content (AvgIpc) is 3.45. The molecule has 2 aromatic heterocycles. The zero-order valence-corrected chi connectivity index (χ0v) is 19.4. The van der Waals surface area contributed by atoms with Gasteiger partial charge in [0.05, 0.1) is 6.54 Å². The highest BCUT2D eigenvalue weighted by Crippen LogP contribution is 2.29. The highest BCUT2D eigenvalue weighted by Gasteiger charge is 2.14. The molecule has 3 aromatic carbocycles. The highest BCUT2D eigenvalue weighted by atomic mass is 16.1. The van der Waals surface area contributed by atoms with Gasteiger partial charge in [-0.05, 0) is 33.5 Å². The summed E-state index contributed by atoms with van der Waals surface area (Å²) in [4.78, 5) is 17.1. The van der Waals surface area contributed by atoms with Crippen LogP contribution >= 0.6 is 0 Å². The minimum Gasteiger partial charge on any atom is -0.265 e. The number of nitrogens with zero attached hydrogens (tertiary/aromatic N) is 6. The van der Waals surface area contributed by atoms with Gasteiger partial charge in [0.15, 0.2) is 11.5 Å². The van der Waals surface area contributed by atoms with Gasteiger partial charge in [0.2, 0.25) is 0 Å². The summed E-state index contributed by atoms with van der Waals surface area (Å²) >= 11 is 0. The zero-order chi connectivity index (χ0) is 24.0. The van der Waals surface area contributed by atoms with E-state index in [9.17, 15) is 4.79 Å². The number of hydrogen-bond acceptors (Lipinski definition) is 6. The van der Waals surface area contributed by atoms with Crippen LogP contribution in [0.5, 0.6) is 0 Å². The Morgan fingerprint density at radius 2 is 1.60 bits per heavy atom. The fraction of sp³-hybridized carbons (Fsp3) is 0.185. The molecule has 5 aromatic rings. The van der Waals surface area contributed by atoms with Crippen molar-refractivity contribution in [3.8, 4) is 33.8 Å². The number of tetrazole rings is 1. The Morgan fingerprint density at radius 3 is 2.31 bits per heavy atom. The highest BCUT2D eigenvalue weighted by molar-refractivity contribution is 5.80. The minimum absolute atomic E-state index is 0.285. The molecule has 0 bridgehead atoms. The maximum atomic E-state index is 12.7. The summed E-state index contributed by atoms with van der Waals surface area (Å²) < 4.78 is 1.86. The lowest BCUT2D eigenvalue weighted by Gasteiger charge is -2.14. The number of unbranched alkanes of at least 4 members (excludes halogenated alkanes) is 1. The summed E-state index contributed by atoms with van der Waals surface area (Å²) in [6.45, 7) is 2.65. The van der Waals surface area contributed by atoms with Gasteiger partial charge in [-0.15, -0.1) is 5.10 Å². The van der Waals surface area contributed by atoms with Gasteiger partial charge >= 0.3 is 0 Å². The van der Waals surface area contributed by atoms with Crippen molar-refractivity contribution in [2.24, 2.45) is 0 Å². The summed E-state index contributed by atoms with van der Waals surface area (Å²) in [7, 11) is 0. The monoisotopic (exact) mass is 463 g/mol. The molecule has 0 saturated heterocycles. The van der Waals surface area contributed by atoms with Crippen LogP contribution in [0.2, 0.25) is 0 Å². The minimum atomic E-state index is -0.285. The van der Waals surface area contributed by atoms with E-state index in [1.54, 1.807) is 0 Å². The van der Waals surface area contributed by atoms with Crippen LogP contribution in [0, 0.1) is 0 Å². The van der Waals surface area contributed by atoms with E-state index in [4.69, 9.17) is 5.10 Å². The summed E-state index contributed by atoms with van der Waals surface area (Å²) in [5.41, 5.74) is 4.96. The first kappa shape index (κ1) is 22.3. The first-order valence-electron chi connectivity index (χ1n) is 11.7. The van der Waals surface area contributed by atoms with E-state index in [0.717, 1.165) is 40.7 Å². The number of hydrogen-bond donors (Lipinski definition) is 1. The fourth-order valence-corrected chi connectivity index (χ4v) is 4.05. The molecule has 5 rings (SSSR count). The third kappa shape index (κ3) is 4.91. The molecule has 0 aliphatic heterocycles. The molecule has 1 N–H and O–H groups in total. The number of aryl methyl sites for hydroxylation is 1. The fourth-order valence-electron chi connectivity index (χ4n) is 4.05. The molecular weight excluding hydrogens is 438 g/mol. The van der Waals surface area contributed by atoms with E-state index >= 15 is 0 Å².